The molecule has 1 heterocycles. The Morgan fingerprint density at radius 1 is 0.548 bits per heavy atom. The number of halogens is 3. The number of aryl methyl sites for hydroxylation is 2. The van der Waals surface area contributed by atoms with Gasteiger partial charge in [-0.3, -0.25) is 9.98 Å². The quantitative estimate of drug-likeness (QED) is 0.336. The molecule has 0 radical (unpaired) electrons. The van der Waals surface area contributed by atoms with Crippen LogP contribution in [0.3, 0.4) is 0 Å². The zero-order valence-corrected chi connectivity index (χ0v) is 30.9. The second kappa shape index (κ2) is 18.3. The molecule has 1 aromatic heterocycles. The summed E-state index contributed by atoms with van der Waals surface area (Å²) >= 11 is 0. The van der Waals surface area contributed by atoms with E-state index in [-0.39, 0.29) is 55.8 Å². The standard InChI is InChI=1S/C35H47N3.3ClH.V/c1-20(2)28-16-24(9)17-29(21(3)4)34(28)36-26(11)32-14-13-15-33(38-32)27(12)37-35-30(22(5)6)18-25(10)19-31(35)23(7)8;;;;/h13-23H,1-12H3;3*1H;/q;;;;+3/p-3. The Balaban J connectivity index is 0. The van der Waals surface area contributed by atoms with Gasteiger partial charge >= 0.3 is 18.6 Å². The smallest absolute Gasteiger partial charge is 1.00 e. The molecule has 0 amide bonds. The third kappa shape index (κ3) is 10.2. The molecule has 7 heteroatoms. The minimum atomic E-state index is 0. The normalized spacial score (nSPS) is 11.7. The van der Waals surface area contributed by atoms with Crippen LogP contribution in [0.4, 0.5) is 11.4 Å². The Bertz CT molecular complexity index is 1220. The summed E-state index contributed by atoms with van der Waals surface area (Å²) in [7, 11) is 0. The predicted octanol–water partition coefficient (Wildman–Crippen LogP) is 1.48. The van der Waals surface area contributed by atoms with E-state index < -0.39 is 0 Å². The van der Waals surface area contributed by atoms with Crippen LogP contribution in [-0.4, -0.2) is 16.4 Å². The SMILES string of the molecule is CC(=Nc1c(C(C)C)cc(C)cc1C(C)C)c1cccc(C(C)=Nc2c(C(C)C)cc(C)cc2C(C)C)n1.[Cl-].[Cl-].[Cl-].[V+3]. The summed E-state index contributed by atoms with van der Waals surface area (Å²) in [5.41, 5.74) is 13.6. The van der Waals surface area contributed by atoms with Gasteiger partial charge in [-0.25, -0.2) is 4.98 Å². The van der Waals surface area contributed by atoms with Gasteiger partial charge in [0, 0.05) is 0 Å². The van der Waals surface area contributed by atoms with E-state index in [0.717, 1.165) is 34.2 Å². The first kappa shape index (κ1) is 42.5. The van der Waals surface area contributed by atoms with Gasteiger partial charge in [-0.15, -0.1) is 0 Å². The Labute approximate surface area is 286 Å². The molecule has 0 spiro atoms. The Morgan fingerprint density at radius 3 is 1.05 bits per heavy atom. The van der Waals surface area contributed by atoms with Crippen molar-refractivity contribution in [3.63, 3.8) is 0 Å². The van der Waals surface area contributed by atoms with Gasteiger partial charge in [-0.1, -0.05) is 96.8 Å². The average molecular weight is 667 g/mol. The van der Waals surface area contributed by atoms with Crippen molar-refractivity contribution in [2.75, 3.05) is 0 Å². The fourth-order valence-corrected chi connectivity index (χ4v) is 4.98. The summed E-state index contributed by atoms with van der Waals surface area (Å²) in [5, 5.41) is 0. The van der Waals surface area contributed by atoms with Crippen molar-refractivity contribution < 1.29 is 55.8 Å². The van der Waals surface area contributed by atoms with Gasteiger partial charge in [0.05, 0.1) is 34.2 Å². The molecule has 0 unspecified atom stereocenters. The molecular weight excluding hydrogens is 620 g/mol. The molecule has 0 fully saturated rings. The van der Waals surface area contributed by atoms with Crippen LogP contribution in [0.1, 0.15) is 138 Å². The zero-order chi connectivity index (χ0) is 28.3. The topological polar surface area (TPSA) is 37.6 Å². The van der Waals surface area contributed by atoms with Crippen LogP contribution in [0.25, 0.3) is 0 Å². The number of hydrogen-bond donors (Lipinski definition) is 0. The van der Waals surface area contributed by atoms with Crippen molar-refractivity contribution in [2.45, 2.75) is 107 Å². The fourth-order valence-electron chi connectivity index (χ4n) is 4.98. The maximum absolute atomic E-state index is 5.20. The van der Waals surface area contributed by atoms with E-state index in [1.165, 1.54) is 33.4 Å². The van der Waals surface area contributed by atoms with E-state index in [1.807, 2.05) is 0 Å². The molecule has 0 bridgehead atoms. The molecule has 0 aliphatic heterocycles. The summed E-state index contributed by atoms with van der Waals surface area (Å²) < 4.78 is 0. The number of aliphatic imine (C=N–C) groups is 2. The molecule has 2 aromatic carbocycles. The maximum atomic E-state index is 5.20. The fraction of sp³-hybridized carbons (Fsp3) is 0.457. The van der Waals surface area contributed by atoms with Gasteiger partial charge in [0.1, 0.15) is 0 Å². The molecule has 0 saturated heterocycles. The van der Waals surface area contributed by atoms with Crippen LogP contribution in [-0.2, 0) is 18.6 Å². The molecular formula is C35H47Cl3N3V. The number of nitrogens with zero attached hydrogens (tertiary/aromatic N) is 3. The van der Waals surface area contributed by atoms with Crippen molar-refractivity contribution in [3.8, 4) is 0 Å². The summed E-state index contributed by atoms with van der Waals surface area (Å²) in [6, 6.07) is 15.3. The molecule has 42 heavy (non-hydrogen) atoms. The monoisotopic (exact) mass is 665 g/mol. The molecule has 0 aliphatic carbocycles. The number of rotatable bonds is 8. The van der Waals surface area contributed by atoms with Crippen molar-refractivity contribution in [1.29, 1.82) is 0 Å². The molecule has 0 N–H and O–H groups in total. The summed E-state index contributed by atoms with van der Waals surface area (Å²) in [4.78, 5) is 15.4. The second-order valence-electron chi connectivity index (χ2n) is 12.0. The van der Waals surface area contributed by atoms with Gasteiger partial charge in [0.15, 0.2) is 0 Å². The van der Waals surface area contributed by atoms with Crippen LogP contribution in [0.5, 0.6) is 0 Å². The molecule has 228 valence electrons. The van der Waals surface area contributed by atoms with Gasteiger partial charge in [0.2, 0.25) is 0 Å². The minimum absolute atomic E-state index is 0. The summed E-state index contributed by atoms with van der Waals surface area (Å²) in [5.74, 6) is 1.58. The first-order valence-corrected chi connectivity index (χ1v) is 14.2. The van der Waals surface area contributed by atoms with Gasteiger partial charge < -0.3 is 37.2 Å². The van der Waals surface area contributed by atoms with Gasteiger partial charge in [0.25, 0.3) is 0 Å². The molecule has 3 aromatic rings. The number of hydrogen-bond acceptors (Lipinski definition) is 3. The zero-order valence-electron chi connectivity index (χ0n) is 27.3. The first-order chi connectivity index (χ1) is 17.8. The summed E-state index contributed by atoms with van der Waals surface area (Å²) in [6.45, 7) is 26.4. The van der Waals surface area contributed by atoms with E-state index in [2.05, 4.69) is 126 Å². The summed E-state index contributed by atoms with van der Waals surface area (Å²) in [6.07, 6.45) is 0. The second-order valence-corrected chi connectivity index (χ2v) is 12.0. The van der Waals surface area contributed by atoms with E-state index in [1.54, 1.807) is 0 Å². The van der Waals surface area contributed by atoms with Crippen LogP contribution in [0.15, 0.2) is 52.4 Å². The van der Waals surface area contributed by atoms with Crippen LogP contribution in [0.2, 0.25) is 0 Å². The Kier molecular flexibility index (Phi) is 18.5. The van der Waals surface area contributed by atoms with E-state index in [0.29, 0.717) is 23.7 Å². The van der Waals surface area contributed by atoms with Gasteiger partial charge in [-0.05, 0) is 85.8 Å². The van der Waals surface area contributed by atoms with E-state index >= 15 is 0 Å². The molecule has 0 aliphatic rings. The van der Waals surface area contributed by atoms with Gasteiger partial charge in [-0.2, -0.15) is 0 Å². The number of benzene rings is 2. The van der Waals surface area contributed by atoms with Crippen molar-refractivity contribution in [3.05, 3.63) is 87.2 Å². The minimum Gasteiger partial charge on any atom is -1.00 e. The Morgan fingerprint density at radius 2 is 0.810 bits per heavy atom. The van der Waals surface area contributed by atoms with Crippen LogP contribution in [0, 0.1) is 13.8 Å². The first-order valence-electron chi connectivity index (χ1n) is 14.2. The number of pyridine rings is 1. The molecule has 0 saturated carbocycles. The Hall–Kier alpha value is -1.62. The average Bonchev–Trinajstić information content (AvgIpc) is 2.84. The third-order valence-corrected chi connectivity index (χ3v) is 7.16. The third-order valence-electron chi connectivity index (χ3n) is 7.16. The van der Waals surface area contributed by atoms with Crippen molar-refractivity contribution in [2.24, 2.45) is 9.98 Å². The predicted molar refractivity (Wildman–Crippen MR) is 167 cm³/mol. The van der Waals surface area contributed by atoms with E-state index in [4.69, 9.17) is 15.0 Å². The van der Waals surface area contributed by atoms with Crippen molar-refractivity contribution in [1.82, 2.24) is 4.98 Å². The van der Waals surface area contributed by atoms with Crippen LogP contribution >= 0.6 is 0 Å². The largest absolute Gasteiger partial charge is 3.00 e. The van der Waals surface area contributed by atoms with Crippen LogP contribution < -0.4 is 37.2 Å². The van der Waals surface area contributed by atoms with E-state index in [9.17, 15) is 0 Å². The number of aromatic nitrogens is 1. The molecule has 3 nitrogen and oxygen atoms in total. The molecule has 3 rings (SSSR count). The maximum Gasteiger partial charge on any atom is 3.00 e. The molecule has 0 atom stereocenters. The van der Waals surface area contributed by atoms with Crippen molar-refractivity contribution >= 4 is 22.8 Å².